The minimum atomic E-state index is -4.76. The van der Waals surface area contributed by atoms with Gasteiger partial charge in [0.05, 0.1) is 27.6 Å². The number of aliphatic hydroxyl groups is 1. The molecule has 9 heteroatoms. The normalized spacial score (nSPS) is 12.2. The zero-order chi connectivity index (χ0) is 19.5. The van der Waals surface area contributed by atoms with Gasteiger partial charge in [-0.1, -0.05) is 12.1 Å². The van der Waals surface area contributed by atoms with Crippen molar-refractivity contribution in [2.45, 2.75) is 22.9 Å². The molecule has 2 rings (SSSR count). The Balaban J connectivity index is 2.63. The van der Waals surface area contributed by atoms with E-state index in [1.807, 2.05) is 0 Å². The summed E-state index contributed by atoms with van der Waals surface area (Å²) in [6, 6.07) is 8.53. The van der Waals surface area contributed by atoms with E-state index >= 15 is 0 Å². The van der Waals surface area contributed by atoms with Crippen molar-refractivity contribution >= 4 is 21.2 Å². The predicted octanol–water partition coefficient (Wildman–Crippen LogP) is 2.94. The van der Waals surface area contributed by atoms with Crippen molar-refractivity contribution in [3.63, 3.8) is 0 Å². The number of hydrogen-bond donors (Lipinski definition) is 2. The third-order valence-electron chi connectivity index (χ3n) is 3.89. The van der Waals surface area contributed by atoms with Crippen LogP contribution in [-0.2, 0) is 16.0 Å². The molecular weight excluding hydrogens is 369 g/mol. The Bertz CT molecular complexity index is 883. The quantitative estimate of drug-likeness (QED) is 0.744. The molecule has 0 amide bonds. The number of para-hydroxylation sites is 1. The predicted molar refractivity (Wildman–Crippen MR) is 92.7 cm³/mol. The van der Waals surface area contributed by atoms with Gasteiger partial charge in [0.15, 0.2) is 0 Å². The number of benzene rings is 2. The average molecular weight is 388 g/mol. The van der Waals surface area contributed by atoms with E-state index in [4.69, 9.17) is 10.8 Å². The monoisotopic (exact) mass is 388 g/mol. The molecule has 3 N–H and O–H groups in total. The summed E-state index contributed by atoms with van der Waals surface area (Å²) in [5.74, 6) is 0. The molecule has 0 bridgehead atoms. The summed E-state index contributed by atoms with van der Waals surface area (Å²) < 4.78 is 65.2. The van der Waals surface area contributed by atoms with Crippen LogP contribution >= 0.6 is 0 Å². The average Bonchev–Trinajstić information content (AvgIpc) is 2.59. The zero-order valence-corrected chi connectivity index (χ0v) is 14.8. The number of likely N-dealkylation sites (N-methyl/N-ethyl adjacent to an activating group) is 1. The minimum absolute atomic E-state index is 0.131. The van der Waals surface area contributed by atoms with Crippen molar-refractivity contribution in [1.82, 2.24) is 0 Å². The van der Waals surface area contributed by atoms with E-state index in [9.17, 15) is 21.6 Å². The van der Waals surface area contributed by atoms with Crippen LogP contribution in [0.1, 0.15) is 12.5 Å². The second-order valence-corrected chi connectivity index (χ2v) is 7.44. The first-order chi connectivity index (χ1) is 12.1. The molecule has 0 radical (unpaired) electrons. The maximum absolute atomic E-state index is 13.1. The number of rotatable bonds is 6. The highest BCUT2D eigenvalue weighted by Gasteiger charge is 2.35. The van der Waals surface area contributed by atoms with Gasteiger partial charge in [-0.3, -0.25) is 0 Å². The Hall–Kier alpha value is -2.26. The number of anilines is 2. The topological polar surface area (TPSA) is 83.6 Å². The van der Waals surface area contributed by atoms with E-state index in [1.165, 1.54) is 12.1 Å². The molecule has 0 saturated heterocycles. The number of aliphatic hydroxyl groups excluding tert-OH is 1. The van der Waals surface area contributed by atoms with Gasteiger partial charge in [0.1, 0.15) is 0 Å². The van der Waals surface area contributed by atoms with Crippen LogP contribution in [0.25, 0.3) is 0 Å². The van der Waals surface area contributed by atoms with E-state index in [-0.39, 0.29) is 18.0 Å². The Labute approximate surface area is 149 Å². The van der Waals surface area contributed by atoms with Crippen LogP contribution in [0.4, 0.5) is 24.5 Å². The standard InChI is InChI=1S/C17H19F3N2O3S/c1-2-22(9-10-23)15-5-3-4-6-16(15)26(24,25)12-7-8-14(21)13(11-12)17(18,19)20/h3-8,11,23H,2,9-10,21H2,1H3. The third-order valence-corrected chi connectivity index (χ3v) is 5.69. The van der Waals surface area contributed by atoms with Crippen LogP contribution < -0.4 is 10.6 Å². The van der Waals surface area contributed by atoms with Crippen LogP contribution in [0.2, 0.25) is 0 Å². The number of hydrogen-bond acceptors (Lipinski definition) is 5. The molecule has 0 spiro atoms. The van der Waals surface area contributed by atoms with Gasteiger partial charge in [-0.25, -0.2) is 8.42 Å². The van der Waals surface area contributed by atoms with E-state index in [2.05, 4.69) is 0 Å². The number of sulfone groups is 1. The summed E-state index contributed by atoms with van der Waals surface area (Å²) >= 11 is 0. The Morgan fingerprint density at radius 1 is 1.15 bits per heavy atom. The maximum atomic E-state index is 13.1. The Morgan fingerprint density at radius 3 is 2.38 bits per heavy atom. The van der Waals surface area contributed by atoms with Gasteiger partial charge in [0.2, 0.25) is 9.84 Å². The molecule has 0 fully saturated rings. The molecule has 142 valence electrons. The van der Waals surface area contributed by atoms with Crippen molar-refractivity contribution in [2.24, 2.45) is 0 Å². The molecule has 5 nitrogen and oxygen atoms in total. The number of nitrogens with two attached hydrogens (primary N) is 1. The molecule has 0 heterocycles. The summed E-state index contributed by atoms with van der Waals surface area (Å²) in [6.45, 7) is 2.20. The fraction of sp³-hybridized carbons (Fsp3) is 0.294. The molecule has 0 aliphatic carbocycles. The molecule has 0 aliphatic rings. The van der Waals surface area contributed by atoms with Crippen molar-refractivity contribution in [3.05, 3.63) is 48.0 Å². The Morgan fingerprint density at radius 2 is 1.81 bits per heavy atom. The molecule has 0 aromatic heterocycles. The number of halogens is 3. The van der Waals surface area contributed by atoms with Crippen molar-refractivity contribution in [3.8, 4) is 0 Å². The van der Waals surface area contributed by atoms with Gasteiger partial charge >= 0.3 is 6.18 Å². The highest BCUT2D eigenvalue weighted by Crippen LogP contribution is 2.37. The second-order valence-electron chi connectivity index (χ2n) is 5.52. The van der Waals surface area contributed by atoms with Gasteiger partial charge in [-0.15, -0.1) is 0 Å². The summed E-state index contributed by atoms with van der Waals surface area (Å²) in [7, 11) is -4.22. The van der Waals surface area contributed by atoms with Crippen LogP contribution in [0.3, 0.4) is 0 Å². The first-order valence-electron chi connectivity index (χ1n) is 7.79. The van der Waals surface area contributed by atoms with Crippen molar-refractivity contribution in [2.75, 3.05) is 30.3 Å². The van der Waals surface area contributed by atoms with Gasteiger partial charge in [-0.05, 0) is 37.3 Å². The lowest BCUT2D eigenvalue weighted by molar-refractivity contribution is -0.137. The lowest BCUT2D eigenvalue weighted by Crippen LogP contribution is -2.27. The summed E-state index contributed by atoms with van der Waals surface area (Å²) in [4.78, 5) is 1.01. The summed E-state index contributed by atoms with van der Waals surface area (Å²) in [5.41, 5.74) is 3.92. The molecule has 0 saturated carbocycles. The first-order valence-corrected chi connectivity index (χ1v) is 9.28. The number of nitrogen functional groups attached to an aromatic ring is 1. The third kappa shape index (κ3) is 3.94. The van der Waals surface area contributed by atoms with Gasteiger partial charge in [-0.2, -0.15) is 13.2 Å². The largest absolute Gasteiger partial charge is 0.418 e. The zero-order valence-electron chi connectivity index (χ0n) is 14.0. The van der Waals surface area contributed by atoms with Crippen LogP contribution in [0.15, 0.2) is 52.3 Å². The van der Waals surface area contributed by atoms with Crippen LogP contribution in [0, 0.1) is 0 Å². The van der Waals surface area contributed by atoms with E-state index < -0.39 is 32.2 Å². The molecule has 0 aliphatic heterocycles. The number of alkyl halides is 3. The van der Waals surface area contributed by atoms with Gasteiger partial charge in [0.25, 0.3) is 0 Å². The van der Waals surface area contributed by atoms with Crippen LogP contribution in [-0.4, -0.2) is 33.2 Å². The first kappa shape index (κ1) is 20.1. The highest BCUT2D eigenvalue weighted by molar-refractivity contribution is 7.91. The van der Waals surface area contributed by atoms with Crippen molar-refractivity contribution < 1.29 is 26.7 Å². The lowest BCUT2D eigenvalue weighted by Gasteiger charge is -2.24. The molecule has 0 atom stereocenters. The second kappa shape index (κ2) is 7.55. The van der Waals surface area contributed by atoms with E-state index in [0.717, 1.165) is 12.1 Å². The highest BCUT2D eigenvalue weighted by atomic mass is 32.2. The van der Waals surface area contributed by atoms with Gasteiger partial charge in [0, 0.05) is 18.8 Å². The molecule has 26 heavy (non-hydrogen) atoms. The maximum Gasteiger partial charge on any atom is 0.418 e. The smallest absolute Gasteiger partial charge is 0.398 e. The molecule has 2 aromatic rings. The molecule has 0 unspecified atom stereocenters. The minimum Gasteiger partial charge on any atom is -0.398 e. The fourth-order valence-corrected chi connectivity index (χ4v) is 4.09. The van der Waals surface area contributed by atoms with Gasteiger partial charge < -0.3 is 15.7 Å². The SMILES string of the molecule is CCN(CCO)c1ccccc1S(=O)(=O)c1ccc(N)c(C(F)(F)F)c1. The summed E-state index contributed by atoms with van der Waals surface area (Å²) in [5, 5.41) is 9.17. The Kier molecular flexibility index (Phi) is 5.82. The molecular formula is C17H19F3N2O3S. The van der Waals surface area contributed by atoms with E-state index in [0.29, 0.717) is 18.3 Å². The van der Waals surface area contributed by atoms with Crippen molar-refractivity contribution in [1.29, 1.82) is 0 Å². The number of nitrogens with zero attached hydrogens (tertiary/aromatic N) is 1. The molecule has 2 aromatic carbocycles. The van der Waals surface area contributed by atoms with E-state index in [1.54, 1.807) is 24.0 Å². The fourth-order valence-electron chi connectivity index (χ4n) is 2.59. The lowest BCUT2D eigenvalue weighted by atomic mass is 10.2. The summed E-state index contributed by atoms with van der Waals surface area (Å²) in [6.07, 6.45) is -4.76. The van der Waals surface area contributed by atoms with Crippen LogP contribution in [0.5, 0.6) is 0 Å².